The number of halogens is 1. The average Bonchev–Trinajstić information content (AvgIpc) is 2.88. The Morgan fingerprint density at radius 1 is 1.19 bits per heavy atom. The standard InChI is InChI=1S/C21H22BrNO3/c1-4-10-23-18-9-7-6-8-15(18)16(21(23)24)11-14-12-17(22)20(25-3)19(13-14)26-5-2/h6-9,11-13H,4-5,10H2,1-3H3/b16-11-. The quantitative estimate of drug-likeness (QED) is 0.611. The molecule has 0 aromatic heterocycles. The van der Waals surface area contributed by atoms with Crippen molar-refractivity contribution in [2.24, 2.45) is 0 Å². The molecule has 1 aliphatic rings. The van der Waals surface area contributed by atoms with Gasteiger partial charge in [-0.2, -0.15) is 0 Å². The van der Waals surface area contributed by atoms with Gasteiger partial charge in [0.2, 0.25) is 0 Å². The van der Waals surface area contributed by atoms with Crippen LogP contribution < -0.4 is 14.4 Å². The van der Waals surface area contributed by atoms with Crippen LogP contribution in [0.5, 0.6) is 11.5 Å². The van der Waals surface area contributed by atoms with Crippen LogP contribution in [0.3, 0.4) is 0 Å². The molecule has 0 saturated carbocycles. The minimum atomic E-state index is 0.0398. The van der Waals surface area contributed by atoms with Crippen molar-refractivity contribution in [3.63, 3.8) is 0 Å². The van der Waals surface area contributed by atoms with E-state index in [-0.39, 0.29) is 5.91 Å². The molecule has 0 radical (unpaired) electrons. The van der Waals surface area contributed by atoms with Gasteiger partial charge in [-0.3, -0.25) is 4.79 Å². The van der Waals surface area contributed by atoms with E-state index >= 15 is 0 Å². The number of carbonyl (C=O) groups excluding carboxylic acids is 1. The largest absolute Gasteiger partial charge is 0.492 e. The summed E-state index contributed by atoms with van der Waals surface area (Å²) in [5.74, 6) is 1.35. The minimum Gasteiger partial charge on any atom is -0.492 e. The summed E-state index contributed by atoms with van der Waals surface area (Å²) in [7, 11) is 1.61. The van der Waals surface area contributed by atoms with E-state index in [2.05, 4.69) is 22.9 Å². The predicted octanol–water partition coefficient (Wildman–Crippen LogP) is 5.15. The normalized spacial score (nSPS) is 14.7. The van der Waals surface area contributed by atoms with Crippen molar-refractivity contribution in [1.82, 2.24) is 0 Å². The van der Waals surface area contributed by atoms with Gasteiger partial charge in [-0.05, 0) is 59.1 Å². The lowest BCUT2D eigenvalue weighted by Gasteiger charge is -2.15. The lowest BCUT2D eigenvalue weighted by Crippen LogP contribution is -2.26. The zero-order valence-electron chi connectivity index (χ0n) is 15.2. The fourth-order valence-corrected chi connectivity index (χ4v) is 3.81. The molecule has 136 valence electrons. The number of nitrogens with zero attached hydrogens (tertiary/aromatic N) is 1. The second kappa shape index (κ2) is 7.96. The summed E-state index contributed by atoms with van der Waals surface area (Å²) in [5, 5.41) is 0. The zero-order chi connectivity index (χ0) is 18.7. The van der Waals surface area contributed by atoms with Crippen LogP contribution in [-0.4, -0.2) is 26.2 Å². The van der Waals surface area contributed by atoms with Gasteiger partial charge in [0.05, 0.1) is 23.9 Å². The lowest BCUT2D eigenvalue weighted by molar-refractivity contribution is -0.113. The van der Waals surface area contributed by atoms with Gasteiger partial charge < -0.3 is 14.4 Å². The molecule has 0 fully saturated rings. The van der Waals surface area contributed by atoms with Crippen molar-refractivity contribution < 1.29 is 14.3 Å². The van der Waals surface area contributed by atoms with Crippen LogP contribution in [0, 0.1) is 0 Å². The summed E-state index contributed by atoms with van der Waals surface area (Å²) in [6.07, 6.45) is 2.83. The first-order chi connectivity index (χ1) is 12.6. The zero-order valence-corrected chi connectivity index (χ0v) is 16.8. The summed E-state index contributed by atoms with van der Waals surface area (Å²) in [6, 6.07) is 11.8. The van der Waals surface area contributed by atoms with Crippen LogP contribution in [0.25, 0.3) is 11.6 Å². The first kappa shape index (κ1) is 18.5. The highest BCUT2D eigenvalue weighted by Crippen LogP contribution is 2.40. The van der Waals surface area contributed by atoms with Gasteiger partial charge >= 0.3 is 0 Å². The van der Waals surface area contributed by atoms with E-state index < -0.39 is 0 Å². The Hall–Kier alpha value is -2.27. The van der Waals surface area contributed by atoms with Crippen LogP contribution in [0.1, 0.15) is 31.4 Å². The number of benzene rings is 2. The van der Waals surface area contributed by atoms with Crippen molar-refractivity contribution in [3.05, 3.63) is 52.0 Å². The van der Waals surface area contributed by atoms with Gasteiger partial charge in [-0.25, -0.2) is 0 Å². The number of fused-ring (bicyclic) bond motifs is 1. The number of amides is 1. The Kier molecular flexibility index (Phi) is 5.67. The van der Waals surface area contributed by atoms with Crippen LogP contribution in [0.4, 0.5) is 5.69 Å². The molecule has 0 saturated heterocycles. The fraction of sp³-hybridized carbons (Fsp3) is 0.286. The number of para-hydroxylation sites is 1. The third-order valence-corrected chi connectivity index (χ3v) is 4.84. The summed E-state index contributed by atoms with van der Waals surface area (Å²) in [6.45, 7) is 5.25. The van der Waals surface area contributed by atoms with Crippen LogP contribution in [0.15, 0.2) is 40.9 Å². The highest BCUT2D eigenvalue weighted by atomic mass is 79.9. The number of anilines is 1. The maximum atomic E-state index is 13.0. The third kappa shape index (κ3) is 3.36. The maximum absolute atomic E-state index is 13.0. The SMILES string of the molecule is CCCN1C(=O)/C(=C\c2cc(Br)c(OC)c(OCC)c2)c2ccccc21. The van der Waals surface area contributed by atoms with E-state index in [0.29, 0.717) is 30.2 Å². The molecular formula is C21H22BrNO3. The number of carbonyl (C=O) groups is 1. The predicted molar refractivity (Wildman–Crippen MR) is 109 cm³/mol. The second-order valence-electron chi connectivity index (χ2n) is 6.00. The molecule has 0 N–H and O–H groups in total. The van der Waals surface area contributed by atoms with E-state index in [4.69, 9.17) is 9.47 Å². The minimum absolute atomic E-state index is 0.0398. The van der Waals surface area contributed by atoms with Crippen molar-refractivity contribution in [1.29, 1.82) is 0 Å². The molecule has 0 unspecified atom stereocenters. The maximum Gasteiger partial charge on any atom is 0.258 e. The van der Waals surface area contributed by atoms with E-state index in [9.17, 15) is 4.79 Å². The van der Waals surface area contributed by atoms with Crippen LogP contribution in [0.2, 0.25) is 0 Å². The van der Waals surface area contributed by atoms with Gasteiger partial charge in [0.1, 0.15) is 0 Å². The van der Waals surface area contributed by atoms with E-state index in [1.54, 1.807) is 7.11 Å². The summed E-state index contributed by atoms with van der Waals surface area (Å²) >= 11 is 3.53. The molecule has 0 aliphatic carbocycles. The Morgan fingerprint density at radius 3 is 2.65 bits per heavy atom. The highest BCUT2D eigenvalue weighted by molar-refractivity contribution is 9.10. The van der Waals surface area contributed by atoms with Gasteiger partial charge in [0.15, 0.2) is 11.5 Å². The summed E-state index contributed by atoms with van der Waals surface area (Å²) in [4.78, 5) is 14.8. The molecule has 4 nitrogen and oxygen atoms in total. The molecule has 1 amide bonds. The Morgan fingerprint density at radius 2 is 1.96 bits per heavy atom. The number of ether oxygens (including phenoxy) is 2. The molecule has 2 aromatic carbocycles. The van der Waals surface area contributed by atoms with E-state index in [1.807, 2.05) is 54.3 Å². The molecule has 0 bridgehead atoms. The Balaban J connectivity index is 2.09. The first-order valence-corrected chi connectivity index (χ1v) is 9.53. The third-order valence-electron chi connectivity index (χ3n) is 4.25. The van der Waals surface area contributed by atoms with Crippen molar-refractivity contribution in [3.8, 4) is 11.5 Å². The number of rotatable bonds is 6. The lowest BCUT2D eigenvalue weighted by atomic mass is 10.0. The first-order valence-electron chi connectivity index (χ1n) is 8.74. The van der Waals surface area contributed by atoms with Crippen molar-refractivity contribution >= 4 is 39.2 Å². The van der Waals surface area contributed by atoms with Gasteiger partial charge in [0, 0.05) is 17.7 Å². The monoisotopic (exact) mass is 415 g/mol. The number of hydrogen-bond donors (Lipinski definition) is 0. The Labute approximate surface area is 162 Å². The molecule has 1 heterocycles. The fourth-order valence-electron chi connectivity index (χ4n) is 3.19. The average molecular weight is 416 g/mol. The summed E-state index contributed by atoms with van der Waals surface area (Å²) < 4.78 is 11.9. The molecule has 26 heavy (non-hydrogen) atoms. The molecule has 5 heteroatoms. The van der Waals surface area contributed by atoms with Gasteiger partial charge in [0.25, 0.3) is 5.91 Å². The van der Waals surface area contributed by atoms with Crippen LogP contribution in [-0.2, 0) is 4.79 Å². The smallest absolute Gasteiger partial charge is 0.258 e. The van der Waals surface area contributed by atoms with E-state index in [1.165, 1.54) is 0 Å². The number of methoxy groups -OCH3 is 1. The van der Waals surface area contributed by atoms with Crippen molar-refractivity contribution in [2.45, 2.75) is 20.3 Å². The Bertz CT molecular complexity index is 860. The molecule has 2 aromatic rings. The topological polar surface area (TPSA) is 38.8 Å². The highest BCUT2D eigenvalue weighted by Gasteiger charge is 2.31. The van der Waals surface area contributed by atoms with Gasteiger partial charge in [-0.15, -0.1) is 0 Å². The molecule has 0 spiro atoms. The van der Waals surface area contributed by atoms with Crippen LogP contribution >= 0.6 is 15.9 Å². The van der Waals surface area contributed by atoms with E-state index in [0.717, 1.165) is 27.7 Å². The molecular weight excluding hydrogens is 394 g/mol. The second-order valence-corrected chi connectivity index (χ2v) is 6.85. The summed E-state index contributed by atoms with van der Waals surface area (Å²) in [5.41, 5.74) is 3.53. The van der Waals surface area contributed by atoms with Gasteiger partial charge in [-0.1, -0.05) is 25.1 Å². The molecule has 0 atom stereocenters. The van der Waals surface area contributed by atoms with Crippen molar-refractivity contribution in [2.75, 3.05) is 25.2 Å². The molecule has 3 rings (SSSR count). The molecule has 1 aliphatic heterocycles. The number of hydrogen-bond acceptors (Lipinski definition) is 3.